The first-order chi connectivity index (χ1) is 13.2. The third-order valence-corrected chi connectivity index (χ3v) is 3.80. The second kappa shape index (κ2) is 10.7. The highest BCUT2D eigenvalue weighted by atomic mass is 16.5. The Morgan fingerprint density at radius 1 is 1.04 bits per heavy atom. The van der Waals surface area contributed by atoms with Crippen LogP contribution in [0.2, 0.25) is 0 Å². The molecule has 1 amide bonds. The average molecular weight is 369 g/mol. The molecule has 1 N–H and O–H groups in total. The summed E-state index contributed by atoms with van der Waals surface area (Å²) in [4.78, 5) is 22.7. The van der Waals surface area contributed by atoms with Crippen LogP contribution in [-0.2, 0) is 11.3 Å². The predicted octanol–water partition coefficient (Wildman–Crippen LogP) is 3.85. The van der Waals surface area contributed by atoms with Gasteiger partial charge in [-0.15, -0.1) is 0 Å². The highest BCUT2D eigenvalue weighted by Gasteiger charge is 2.08. The Morgan fingerprint density at radius 2 is 1.70 bits per heavy atom. The van der Waals surface area contributed by atoms with Gasteiger partial charge >= 0.3 is 6.09 Å². The maximum absolute atomic E-state index is 11.7. The second-order valence-corrected chi connectivity index (χ2v) is 5.63. The maximum Gasteiger partial charge on any atom is 0.407 e. The zero-order valence-electron chi connectivity index (χ0n) is 15.4. The summed E-state index contributed by atoms with van der Waals surface area (Å²) >= 11 is 0. The fourth-order valence-corrected chi connectivity index (χ4v) is 2.41. The molecule has 0 aromatic heterocycles. The molecule has 0 aliphatic heterocycles. The number of methoxy groups -OCH3 is 2. The summed E-state index contributed by atoms with van der Waals surface area (Å²) in [6.07, 6.45) is 4.63. The molecule has 2 aromatic rings. The molecule has 0 bridgehead atoms. The van der Waals surface area contributed by atoms with Crippen molar-refractivity contribution in [2.24, 2.45) is 0 Å². The molecule has 0 unspecified atom stereocenters. The molecule has 142 valence electrons. The van der Waals surface area contributed by atoms with Gasteiger partial charge in [0.1, 0.15) is 18.1 Å². The molecule has 0 aliphatic rings. The van der Waals surface area contributed by atoms with E-state index in [0.29, 0.717) is 30.0 Å². The molecular weight excluding hydrogens is 346 g/mol. The molecule has 2 rings (SSSR count). The Labute approximate surface area is 158 Å². The summed E-state index contributed by atoms with van der Waals surface area (Å²) in [7, 11) is 3.05. The largest absolute Gasteiger partial charge is 0.496 e. The van der Waals surface area contributed by atoms with Crippen LogP contribution in [0, 0.1) is 0 Å². The number of amides is 1. The summed E-state index contributed by atoms with van der Waals surface area (Å²) in [5.74, 6) is 1.05. The maximum atomic E-state index is 11.7. The predicted molar refractivity (Wildman–Crippen MR) is 103 cm³/mol. The van der Waals surface area contributed by atoms with Crippen molar-refractivity contribution in [1.82, 2.24) is 5.32 Å². The first-order valence-electron chi connectivity index (χ1n) is 8.50. The summed E-state index contributed by atoms with van der Waals surface area (Å²) in [5, 5.41) is 2.69. The van der Waals surface area contributed by atoms with Crippen molar-refractivity contribution in [1.29, 1.82) is 0 Å². The van der Waals surface area contributed by atoms with E-state index < -0.39 is 6.09 Å². The van der Waals surface area contributed by atoms with Gasteiger partial charge in [0.2, 0.25) is 0 Å². The Hall–Kier alpha value is -3.28. The van der Waals surface area contributed by atoms with Gasteiger partial charge in [-0.25, -0.2) is 4.79 Å². The van der Waals surface area contributed by atoms with Crippen LogP contribution in [0.1, 0.15) is 27.9 Å². The molecular formula is C21H23NO5. The van der Waals surface area contributed by atoms with Crippen molar-refractivity contribution < 1.29 is 23.8 Å². The Kier molecular flexibility index (Phi) is 7.91. The Balaban J connectivity index is 1.81. The summed E-state index contributed by atoms with van der Waals surface area (Å²) in [6, 6.07) is 12.9. The highest BCUT2D eigenvalue weighted by molar-refractivity contribution is 5.82. The van der Waals surface area contributed by atoms with E-state index in [2.05, 4.69) is 5.32 Å². The third-order valence-electron chi connectivity index (χ3n) is 3.80. The van der Waals surface area contributed by atoms with Crippen LogP contribution in [0.5, 0.6) is 11.5 Å². The lowest BCUT2D eigenvalue weighted by molar-refractivity contribution is 0.112. The molecule has 0 saturated heterocycles. The van der Waals surface area contributed by atoms with E-state index in [1.54, 1.807) is 12.1 Å². The van der Waals surface area contributed by atoms with Gasteiger partial charge in [0.15, 0.2) is 6.29 Å². The lowest BCUT2D eigenvalue weighted by atomic mass is 10.1. The van der Waals surface area contributed by atoms with Crippen molar-refractivity contribution >= 4 is 18.5 Å². The van der Waals surface area contributed by atoms with Crippen LogP contribution in [0.3, 0.4) is 0 Å². The zero-order valence-corrected chi connectivity index (χ0v) is 15.4. The molecule has 6 heteroatoms. The topological polar surface area (TPSA) is 73.9 Å². The van der Waals surface area contributed by atoms with Crippen LogP contribution in [0.25, 0.3) is 6.08 Å². The quantitative estimate of drug-likeness (QED) is 0.537. The molecule has 0 heterocycles. The number of rotatable bonds is 9. The number of alkyl carbamates (subject to hydrolysis) is 1. The second-order valence-electron chi connectivity index (χ2n) is 5.63. The van der Waals surface area contributed by atoms with Gasteiger partial charge < -0.3 is 19.5 Å². The van der Waals surface area contributed by atoms with Crippen molar-refractivity contribution in [2.45, 2.75) is 13.0 Å². The van der Waals surface area contributed by atoms with Crippen LogP contribution in [0.15, 0.2) is 48.5 Å². The molecule has 0 saturated carbocycles. The SMILES string of the molecule is COc1cc(C=CCCNC(=O)OCc2ccccc2)c(OC)cc1C=O. The molecule has 2 aromatic carbocycles. The minimum atomic E-state index is -0.457. The molecule has 0 fully saturated rings. The van der Waals surface area contributed by atoms with Crippen LogP contribution < -0.4 is 14.8 Å². The zero-order chi connectivity index (χ0) is 19.5. The molecule has 0 atom stereocenters. The Morgan fingerprint density at radius 3 is 2.37 bits per heavy atom. The number of carbonyl (C=O) groups excluding carboxylic acids is 2. The summed E-state index contributed by atoms with van der Waals surface area (Å²) in [6.45, 7) is 0.679. The van der Waals surface area contributed by atoms with Gasteiger partial charge in [-0.1, -0.05) is 42.5 Å². The van der Waals surface area contributed by atoms with Gasteiger partial charge in [-0.3, -0.25) is 4.79 Å². The lowest BCUT2D eigenvalue weighted by Crippen LogP contribution is -2.24. The van der Waals surface area contributed by atoms with Gasteiger partial charge in [0.05, 0.1) is 19.8 Å². The third kappa shape index (κ3) is 6.18. The smallest absolute Gasteiger partial charge is 0.407 e. The van der Waals surface area contributed by atoms with E-state index in [-0.39, 0.29) is 6.61 Å². The van der Waals surface area contributed by atoms with E-state index >= 15 is 0 Å². The van der Waals surface area contributed by atoms with Crippen LogP contribution >= 0.6 is 0 Å². The number of hydrogen-bond acceptors (Lipinski definition) is 5. The lowest BCUT2D eigenvalue weighted by Gasteiger charge is -2.10. The average Bonchev–Trinajstić information content (AvgIpc) is 2.72. The highest BCUT2D eigenvalue weighted by Crippen LogP contribution is 2.28. The summed E-state index contributed by atoms with van der Waals surface area (Å²) < 4.78 is 15.6. The first kappa shape index (κ1) is 20.0. The number of benzene rings is 2. The van der Waals surface area contributed by atoms with E-state index in [0.717, 1.165) is 17.4 Å². The monoisotopic (exact) mass is 369 g/mol. The van der Waals surface area contributed by atoms with E-state index in [9.17, 15) is 9.59 Å². The molecule has 0 aliphatic carbocycles. The van der Waals surface area contributed by atoms with Gasteiger partial charge in [-0.05, 0) is 24.1 Å². The first-order valence-corrected chi connectivity index (χ1v) is 8.50. The fraction of sp³-hybridized carbons (Fsp3) is 0.238. The minimum absolute atomic E-state index is 0.239. The molecule has 0 radical (unpaired) electrons. The minimum Gasteiger partial charge on any atom is -0.496 e. The fourth-order valence-electron chi connectivity index (χ4n) is 2.41. The van der Waals surface area contributed by atoms with Gasteiger partial charge in [0, 0.05) is 12.1 Å². The number of aldehydes is 1. The number of carbonyl (C=O) groups is 2. The van der Waals surface area contributed by atoms with Gasteiger partial charge in [0.25, 0.3) is 0 Å². The molecule has 27 heavy (non-hydrogen) atoms. The van der Waals surface area contributed by atoms with Crippen molar-refractivity contribution in [3.63, 3.8) is 0 Å². The van der Waals surface area contributed by atoms with Crippen molar-refractivity contribution in [3.05, 3.63) is 65.2 Å². The summed E-state index contributed by atoms with van der Waals surface area (Å²) in [5.41, 5.74) is 2.15. The van der Waals surface area contributed by atoms with Crippen LogP contribution in [0.4, 0.5) is 4.79 Å². The molecule has 6 nitrogen and oxygen atoms in total. The Bertz CT molecular complexity index is 787. The van der Waals surface area contributed by atoms with E-state index in [4.69, 9.17) is 14.2 Å². The van der Waals surface area contributed by atoms with Crippen LogP contribution in [-0.4, -0.2) is 33.1 Å². The van der Waals surface area contributed by atoms with E-state index in [1.807, 2.05) is 42.5 Å². The van der Waals surface area contributed by atoms with Crippen molar-refractivity contribution in [3.8, 4) is 11.5 Å². The number of nitrogens with one attached hydrogen (secondary N) is 1. The van der Waals surface area contributed by atoms with Gasteiger partial charge in [-0.2, -0.15) is 0 Å². The number of hydrogen-bond donors (Lipinski definition) is 1. The standard InChI is InChI=1S/C21H23NO5/c1-25-19-13-18(14-23)20(26-2)12-17(19)10-6-7-11-22-21(24)27-15-16-8-4-3-5-9-16/h3-6,8-10,12-14H,7,11,15H2,1-2H3,(H,22,24). The number of ether oxygens (including phenoxy) is 3. The van der Waals surface area contributed by atoms with Crippen molar-refractivity contribution in [2.75, 3.05) is 20.8 Å². The van der Waals surface area contributed by atoms with E-state index in [1.165, 1.54) is 14.2 Å². The normalized spacial score (nSPS) is 10.4. The molecule has 0 spiro atoms.